The molecule has 212 valence electrons. The summed E-state index contributed by atoms with van der Waals surface area (Å²) in [7, 11) is -3.89. The molecular formula is C30H40ClN3O4S. The van der Waals surface area contributed by atoms with Crippen LogP contribution >= 0.6 is 11.6 Å². The van der Waals surface area contributed by atoms with E-state index in [0.717, 1.165) is 25.1 Å². The highest BCUT2D eigenvalue weighted by molar-refractivity contribution is 7.89. The van der Waals surface area contributed by atoms with Crippen molar-refractivity contribution in [1.29, 1.82) is 0 Å². The molecule has 1 unspecified atom stereocenters. The SMILES string of the molecule is CC(OC(=O)N1CCN(C2CCCCC2)CC1)[C@H]1CCC[C@@H](c2ccccc2)N1S(=O)(=O)c1ccc(Cl)cc1. The highest BCUT2D eigenvalue weighted by Crippen LogP contribution is 2.40. The van der Waals surface area contributed by atoms with Crippen LogP contribution in [-0.2, 0) is 14.8 Å². The number of ether oxygens (including phenoxy) is 1. The number of halogens is 1. The number of piperazine rings is 1. The summed E-state index contributed by atoms with van der Waals surface area (Å²) in [5, 5.41) is 0.481. The molecule has 1 aliphatic carbocycles. The van der Waals surface area contributed by atoms with Crippen LogP contribution < -0.4 is 0 Å². The minimum Gasteiger partial charge on any atom is -0.445 e. The van der Waals surface area contributed by atoms with E-state index >= 15 is 0 Å². The van der Waals surface area contributed by atoms with E-state index in [0.29, 0.717) is 37.0 Å². The maximum absolute atomic E-state index is 14.1. The van der Waals surface area contributed by atoms with Gasteiger partial charge in [0.2, 0.25) is 10.0 Å². The molecule has 0 spiro atoms. The van der Waals surface area contributed by atoms with Crippen molar-refractivity contribution in [3.8, 4) is 0 Å². The largest absolute Gasteiger partial charge is 0.445 e. The van der Waals surface area contributed by atoms with Gasteiger partial charge in [0.25, 0.3) is 0 Å². The Bertz CT molecular complexity index is 1200. The Balaban J connectivity index is 1.32. The van der Waals surface area contributed by atoms with E-state index < -0.39 is 22.2 Å². The first-order valence-electron chi connectivity index (χ1n) is 14.4. The first-order chi connectivity index (χ1) is 18.8. The lowest BCUT2D eigenvalue weighted by molar-refractivity contribution is 0.00433. The number of hydrogen-bond acceptors (Lipinski definition) is 5. The first kappa shape index (κ1) is 28.4. The highest BCUT2D eigenvalue weighted by atomic mass is 35.5. The van der Waals surface area contributed by atoms with E-state index in [4.69, 9.17) is 16.3 Å². The zero-order chi connectivity index (χ0) is 27.4. The fraction of sp³-hybridized carbons (Fsp3) is 0.567. The third-order valence-electron chi connectivity index (χ3n) is 8.68. The molecule has 2 aromatic rings. The van der Waals surface area contributed by atoms with Crippen LogP contribution in [0.4, 0.5) is 4.79 Å². The number of rotatable bonds is 6. The Labute approximate surface area is 238 Å². The number of carbonyl (C=O) groups is 1. The Morgan fingerprint density at radius 3 is 2.21 bits per heavy atom. The summed E-state index contributed by atoms with van der Waals surface area (Å²) in [5.41, 5.74) is 0.942. The zero-order valence-electron chi connectivity index (χ0n) is 22.8. The van der Waals surface area contributed by atoms with Gasteiger partial charge in [0, 0.05) is 37.2 Å². The number of amides is 1. The van der Waals surface area contributed by atoms with Crippen molar-refractivity contribution < 1.29 is 17.9 Å². The number of sulfonamides is 1. The lowest BCUT2D eigenvalue weighted by atomic mass is 9.91. The third kappa shape index (κ3) is 6.45. The van der Waals surface area contributed by atoms with E-state index in [9.17, 15) is 13.2 Å². The summed E-state index contributed by atoms with van der Waals surface area (Å²) in [6.07, 6.45) is 7.66. The summed E-state index contributed by atoms with van der Waals surface area (Å²) in [6, 6.07) is 15.9. The van der Waals surface area contributed by atoms with Crippen LogP contribution in [0.1, 0.15) is 69.9 Å². The number of benzene rings is 2. The van der Waals surface area contributed by atoms with Crippen LogP contribution in [0.25, 0.3) is 0 Å². The summed E-state index contributed by atoms with van der Waals surface area (Å²) in [4.78, 5) is 17.8. The molecule has 3 fully saturated rings. The summed E-state index contributed by atoms with van der Waals surface area (Å²) >= 11 is 6.06. The second kappa shape index (κ2) is 12.6. The molecule has 0 N–H and O–H groups in total. The van der Waals surface area contributed by atoms with Gasteiger partial charge >= 0.3 is 6.09 Å². The van der Waals surface area contributed by atoms with E-state index in [2.05, 4.69) is 4.90 Å². The number of piperidine rings is 1. The van der Waals surface area contributed by atoms with Crippen LogP contribution in [0.5, 0.6) is 0 Å². The summed E-state index contributed by atoms with van der Waals surface area (Å²) in [6.45, 7) is 4.85. The third-order valence-corrected chi connectivity index (χ3v) is 10.9. The van der Waals surface area contributed by atoms with E-state index in [-0.39, 0.29) is 17.0 Å². The maximum Gasteiger partial charge on any atom is 0.410 e. The molecule has 2 saturated heterocycles. The maximum atomic E-state index is 14.1. The van der Waals surface area contributed by atoms with Gasteiger partial charge in [-0.05, 0) is 68.9 Å². The number of nitrogens with zero attached hydrogens (tertiary/aromatic N) is 3. The van der Waals surface area contributed by atoms with Crippen LogP contribution in [-0.4, -0.2) is 73.0 Å². The number of carbonyl (C=O) groups excluding carboxylic acids is 1. The average Bonchev–Trinajstić information content (AvgIpc) is 2.98. The van der Waals surface area contributed by atoms with Crippen molar-refractivity contribution in [3.05, 3.63) is 65.2 Å². The standard InChI is InChI=1S/C30H40ClN3O4S/c1-23(38-30(35)33-21-19-32(20-22-33)26-11-6-3-7-12-26)28-13-8-14-29(24-9-4-2-5-10-24)34(28)39(36,37)27-17-15-25(31)16-18-27/h2,4-5,9-10,15-18,23,26,28-29H,3,6-8,11-14,19-22H2,1H3/t23?,28-,29+/m1/s1. The van der Waals surface area contributed by atoms with Crippen molar-refractivity contribution in [1.82, 2.24) is 14.1 Å². The smallest absolute Gasteiger partial charge is 0.410 e. The Morgan fingerprint density at radius 1 is 0.872 bits per heavy atom. The molecule has 1 saturated carbocycles. The van der Waals surface area contributed by atoms with Crippen LogP contribution in [0.3, 0.4) is 0 Å². The molecule has 2 aliphatic heterocycles. The molecule has 1 amide bonds. The van der Waals surface area contributed by atoms with E-state index in [1.165, 1.54) is 32.1 Å². The lowest BCUT2D eigenvalue weighted by Gasteiger charge is -2.44. The Kier molecular flexibility index (Phi) is 9.16. The molecule has 39 heavy (non-hydrogen) atoms. The van der Waals surface area contributed by atoms with Gasteiger partial charge in [0.1, 0.15) is 6.10 Å². The molecule has 0 bridgehead atoms. The predicted molar refractivity (Wildman–Crippen MR) is 153 cm³/mol. The Morgan fingerprint density at radius 2 is 1.54 bits per heavy atom. The zero-order valence-corrected chi connectivity index (χ0v) is 24.3. The Hall–Kier alpha value is -2.13. The normalized spacial score (nSPS) is 24.8. The van der Waals surface area contributed by atoms with Crippen molar-refractivity contribution in [2.45, 2.75) is 87.4 Å². The molecule has 3 atom stereocenters. The molecule has 2 heterocycles. The molecule has 9 heteroatoms. The van der Waals surface area contributed by atoms with E-state index in [1.54, 1.807) is 33.5 Å². The van der Waals surface area contributed by atoms with Crippen molar-refractivity contribution in [2.24, 2.45) is 0 Å². The van der Waals surface area contributed by atoms with Crippen molar-refractivity contribution in [2.75, 3.05) is 26.2 Å². The molecule has 7 nitrogen and oxygen atoms in total. The van der Waals surface area contributed by atoms with Crippen LogP contribution in [0.2, 0.25) is 5.02 Å². The van der Waals surface area contributed by atoms with Crippen molar-refractivity contribution >= 4 is 27.7 Å². The molecule has 0 aromatic heterocycles. The molecule has 3 aliphatic rings. The van der Waals surface area contributed by atoms with Gasteiger partial charge in [0.15, 0.2) is 0 Å². The van der Waals surface area contributed by atoms with Gasteiger partial charge < -0.3 is 9.64 Å². The number of hydrogen-bond donors (Lipinski definition) is 0. The molecule has 5 rings (SSSR count). The van der Waals surface area contributed by atoms with Crippen molar-refractivity contribution in [3.63, 3.8) is 0 Å². The first-order valence-corrected chi connectivity index (χ1v) is 16.2. The minimum atomic E-state index is -3.89. The minimum absolute atomic E-state index is 0.192. The lowest BCUT2D eigenvalue weighted by Crippen LogP contribution is -2.55. The monoisotopic (exact) mass is 573 g/mol. The second-order valence-corrected chi connectivity index (χ2v) is 13.4. The van der Waals surface area contributed by atoms with Gasteiger partial charge in [-0.3, -0.25) is 4.90 Å². The molecule has 2 aromatic carbocycles. The van der Waals surface area contributed by atoms with Crippen LogP contribution in [0.15, 0.2) is 59.5 Å². The van der Waals surface area contributed by atoms with Gasteiger partial charge in [-0.1, -0.05) is 61.2 Å². The van der Waals surface area contributed by atoms with E-state index in [1.807, 2.05) is 37.3 Å². The van der Waals surface area contributed by atoms with Gasteiger partial charge in [-0.15, -0.1) is 0 Å². The summed E-state index contributed by atoms with van der Waals surface area (Å²) < 4.78 is 35.8. The van der Waals surface area contributed by atoms with Gasteiger partial charge in [-0.2, -0.15) is 4.31 Å². The quantitative estimate of drug-likeness (QED) is 0.417. The molecular weight excluding hydrogens is 534 g/mol. The van der Waals surface area contributed by atoms with Gasteiger partial charge in [-0.25, -0.2) is 13.2 Å². The highest BCUT2D eigenvalue weighted by Gasteiger charge is 2.44. The second-order valence-electron chi connectivity index (χ2n) is 11.1. The fourth-order valence-electron chi connectivity index (χ4n) is 6.54. The fourth-order valence-corrected chi connectivity index (χ4v) is 8.58. The summed E-state index contributed by atoms with van der Waals surface area (Å²) in [5.74, 6) is 0. The van der Waals surface area contributed by atoms with Crippen LogP contribution in [0, 0.1) is 0 Å². The van der Waals surface area contributed by atoms with Gasteiger partial charge in [0.05, 0.1) is 17.0 Å². The topological polar surface area (TPSA) is 70.2 Å². The molecule has 0 radical (unpaired) electrons. The average molecular weight is 574 g/mol. The predicted octanol–water partition coefficient (Wildman–Crippen LogP) is 6.10.